The standard InChI is InChI=1S/C16H11NO3/c18-17(19)14-8-6-13(7-9-14)16-11-10-15(20-16)12-4-2-1-3-5-12/h1-11H. The second-order valence-corrected chi connectivity index (χ2v) is 4.33. The minimum atomic E-state index is -0.415. The molecule has 0 saturated heterocycles. The van der Waals surface area contributed by atoms with Crippen LogP contribution < -0.4 is 0 Å². The van der Waals surface area contributed by atoms with Gasteiger partial charge in [0.15, 0.2) is 0 Å². The minimum absolute atomic E-state index is 0.0728. The first-order valence-corrected chi connectivity index (χ1v) is 6.14. The van der Waals surface area contributed by atoms with Crippen LogP contribution in [0.4, 0.5) is 5.69 Å². The lowest BCUT2D eigenvalue weighted by Gasteiger charge is -1.98. The van der Waals surface area contributed by atoms with Crippen LogP contribution in [-0.4, -0.2) is 4.92 Å². The van der Waals surface area contributed by atoms with E-state index in [0.29, 0.717) is 5.76 Å². The molecule has 0 radical (unpaired) electrons. The molecular weight excluding hydrogens is 254 g/mol. The van der Waals surface area contributed by atoms with Gasteiger partial charge in [-0.15, -0.1) is 0 Å². The van der Waals surface area contributed by atoms with Crippen molar-refractivity contribution in [2.75, 3.05) is 0 Å². The van der Waals surface area contributed by atoms with Crippen molar-refractivity contribution in [2.45, 2.75) is 0 Å². The molecular formula is C16H11NO3. The van der Waals surface area contributed by atoms with Gasteiger partial charge in [-0.1, -0.05) is 30.3 Å². The first-order chi connectivity index (χ1) is 9.74. The SMILES string of the molecule is O=[N+]([O-])c1ccc(-c2ccc(-c3ccccc3)o2)cc1. The zero-order valence-electron chi connectivity index (χ0n) is 10.5. The summed E-state index contributed by atoms with van der Waals surface area (Å²) in [4.78, 5) is 10.2. The van der Waals surface area contributed by atoms with Crippen LogP contribution in [0.1, 0.15) is 0 Å². The van der Waals surface area contributed by atoms with Crippen molar-refractivity contribution in [3.8, 4) is 22.6 Å². The molecule has 0 aliphatic carbocycles. The van der Waals surface area contributed by atoms with Gasteiger partial charge >= 0.3 is 0 Å². The van der Waals surface area contributed by atoms with Crippen molar-refractivity contribution in [2.24, 2.45) is 0 Å². The summed E-state index contributed by atoms with van der Waals surface area (Å²) in [5.74, 6) is 1.47. The van der Waals surface area contributed by atoms with Gasteiger partial charge in [-0.25, -0.2) is 0 Å². The Morgan fingerprint density at radius 3 is 1.85 bits per heavy atom. The summed E-state index contributed by atoms with van der Waals surface area (Å²) in [5, 5.41) is 10.6. The molecule has 0 N–H and O–H groups in total. The fourth-order valence-electron chi connectivity index (χ4n) is 2.00. The zero-order valence-corrected chi connectivity index (χ0v) is 10.5. The van der Waals surface area contributed by atoms with Gasteiger partial charge in [-0.05, 0) is 24.3 Å². The summed E-state index contributed by atoms with van der Waals surface area (Å²) in [6.07, 6.45) is 0. The average molecular weight is 265 g/mol. The van der Waals surface area contributed by atoms with Crippen molar-refractivity contribution >= 4 is 5.69 Å². The van der Waals surface area contributed by atoms with Gasteiger partial charge in [0.05, 0.1) is 4.92 Å². The first kappa shape index (κ1) is 12.2. The van der Waals surface area contributed by atoms with Crippen LogP contribution in [0, 0.1) is 10.1 Å². The van der Waals surface area contributed by atoms with Crippen molar-refractivity contribution in [1.82, 2.24) is 0 Å². The van der Waals surface area contributed by atoms with E-state index in [1.807, 2.05) is 42.5 Å². The van der Waals surface area contributed by atoms with E-state index in [1.54, 1.807) is 12.1 Å². The van der Waals surface area contributed by atoms with Crippen LogP contribution >= 0.6 is 0 Å². The number of rotatable bonds is 3. The molecule has 0 saturated carbocycles. The molecule has 0 aliphatic rings. The first-order valence-electron chi connectivity index (χ1n) is 6.14. The molecule has 0 fully saturated rings. The number of non-ortho nitro benzene ring substituents is 1. The molecule has 3 aromatic rings. The molecule has 3 rings (SSSR count). The van der Waals surface area contributed by atoms with Crippen molar-refractivity contribution in [1.29, 1.82) is 0 Å². The van der Waals surface area contributed by atoms with E-state index in [4.69, 9.17) is 4.42 Å². The van der Waals surface area contributed by atoms with Crippen molar-refractivity contribution in [3.05, 3.63) is 76.8 Å². The lowest BCUT2D eigenvalue weighted by Crippen LogP contribution is -1.86. The molecule has 4 heteroatoms. The van der Waals surface area contributed by atoms with Crippen LogP contribution in [0.5, 0.6) is 0 Å². The van der Waals surface area contributed by atoms with Gasteiger partial charge in [-0.2, -0.15) is 0 Å². The van der Waals surface area contributed by atoms with E-state index in [2.05, 4.69) is 0 Å². The summed E-state index contributed by atoms with van der Waals surface area (Å²) in [7, 11) is 0. The molecule has 1 heterocycles. The minimum Gasteiger partial charge on any atom is -0.456 e. The number of nitro benzene ring substituents is 1. The predicted octanol–water partition coefficient (Wildman–Crippen LogP) is 4.52. The third-order valence-electron chi connectivity index (χ3n) is 3.03. The Labute approximate surface area is 115 Å². The van der Waals surface area contributed by atoms with E-state index in [1.165, 1.54) is 12.1 Å². The number of benzene rings is 2. The molecule has 0 unspecified atom stereocenters. The summed E-state index contributed by atoms with van der Waals surface area (Å²) >= 11 is 0. The fourth-order valence-corrected chi connectivity index (χ4v) is 2.00. The Morgan fingerprint density at radius 1 is 0.750 bits per heavy atom. The summed E-state index contributed by atoms with van der Waals surface area (Å²) in [6.45, 7) is 0. The van der Waals surface area contributed by atoms with Crippen LogP contribution in [0.15, 0.2) is 71.1 Å². The summed E-state index contributed by atoms with van der Waals surface area (Å²) in [6, 6.07) is 19.9. The lowest BCUT2D eigenvalue weighted by molar-refractivity contribution is -0.384. The quantitative estimate of drug-likeness (QED) is 0.516. The maximum Gasteiger partial charge on any atom is 0.269 e. The molecule has 1 aromatic heterocycles. The summed E-state index contributed by atoms with van der Waals surface area (Å²) in [5.41, 5.74) is 1.89. The molecule has 0 spiro atoms. The fraction of sp³-hybridized carbons (Fsp3) is 0. The number of hydrogen-bond donors (Lipinski definition) is 0. The molecule has 0 amide bonds. The number of nitrogens with zero attached hydrogens (tertiary/aromatic N) is 1. The third kappa shape index (κ3) is 2.31. The topological polar surface area (TPSA) is 56.3 Å². The Balaban J connectivity index is 1.92. The van der Waals surface area contributed by atoms with E-state index in [-0.39, 0.29) is 5.69 Å². The van der Waals surface area contributed by atoms with Crippen molar-refractivity contribution in [3.63, 3.8) is 0 Å². The van der Waals surface area contributed by atoms with Gasteiger partial charge in [0.1, 0.15) is 11.5 Å². The highest BCUT2D eigenvalue weighted by Gasteiger charge is 2.09. The normalized spacial score (nSPS) is 10.4. The highest BCUT2D eigenvalue weighted by atomic mass is 16.6. The Morgan fingerprint density at radius 2 is 1.30 bits per heavy atom. The Bertz CT molecular complexity index is 730. The van der Waals surface area contributed by atoms with Crippen molar-refractivity contribution < 1.29 is 9.34 Å². The maximum atomic E-state index is 10.6. The highest BCUT2D eigenvalue weighted by molar-refractivity contribution is 5.65. The number of nitro groups is 1. The monoisotopic (exact) mass is 265 g/mol. The zero-order chi connectivity index (χ0) is 13.9. The van der Waals surface area contributed by atoms with Gasteiger partial charge in [0.25, 0.3) is 5.69 Å². The largest absolute Gasteiger partial charge is 0.456 e. The second-order valence-electron chi connectivity index (χ2n) is 4.33. The van der Waals surface area contributed by atoms with E-state index in [0.717, 1.165) is 16.9 Å². The smallest absolute Gasteiger partial charge is 0.269 e. The van der Waals surface area contributed by atoms with Crippen LogP contribution in [0.3, 0.4) is 0 Å². The van der Waals surface area contributed by atoms with E-state index < -0.39 is 4.92 Å². The predicted molar refractivity (Wildman–Crippen MR) is 76.2 cm³/mol. The molecule has 0 aliphatic heterocycles. The number of furan rings is 1. The molecule has 4 nitrogen and oxygen atoms in total. The van der Waals surface area contributed by atoms with Gasteiger partial charge in [0, 0.05) is 23.3 Å². The summed E-state index contributed by atoms with van der Waals surface area (Å²) < 4.78 is 5.79. The van der Waals surface area contributed by atoms with E-state index >= 15 is 0 Å². The second kappa shape index (κ2) is 5.01. The Kier molecular flexibility index (Phi) is 3.05. The van der Waals surface area contributed by atoms with E-state index in [9.17, 15) is 10.1 Å². The number of hydrogen-bond acceptors (Lipinski definition) is 3. The van der Waals surface area contributed by atoms with Gasteiger partial charge < -0.3 is 4.42 Å². The van der Waals surface area contributed by atoms with Crippen LogP contribution in [-0.2, 0) is 0 Å². The maximum absolute atomic E-state index is 10.6. The highest BCUT2D eigenvalue weighted by Crippen LogP contribution is 2.29. The average Bonchev–Trinajstić information content (AvgIpc) is 2.98. The van der Waals surface area contributed by atoms with Crippen LogP contribution in [0.25, 0.3) is 22.6 Å². The van der Waals surface area contributed by atoms with Gasteiger partial charge in [-0.3, -0.25) is 10.1 Å². The molecule has 0 atom stereocenters. The molecule has 98 valence electrons. The molecule has 0 bridgehead atoms. The molecule has 2 aromatic carbocycles. The Hall–Kier alpha value is -2.88. The third-order valence-corrected chi connectivity index (χ3v) is 3.03. The van der Waals surface area contributed by atoms with Crippen LogP contribution in [0.2, 0.25) is 0 Å². The van der Waals surface area contributed by atoms with Gasteiger partial charge in [0.2, 0.25) is 0 Å². The molecule has 20 heavy (non-hydrogen) atoms. The lowest BCUT2D eigenvalue weighted by atomic mass is 10.1.